The SMILES string of the molecule is Cc1nc(N2CC[C@H](F)C2)ncc1-n1c2ccc(F)cc2c2[nH]ncc21. The number of nitrogens with zero attached hydrogens (tertiary/aromatic N) is 5. The van der Waals surface area contributed by atoms with E-state index >= 15 is 0 Å². The number of hydrogen-bond donors (Lipinski definition) is 1. The fourth-order valence-electron chi connectivity index (χ4n) is 3.66. The summed E-state index contributed by atoms with van der Waals surface area (Å²) >= 11 is 0. The Morgan fingerprint density at radius 3 is 2.88 bits per heavy atom. The number of nitrogens with one attached hydrogen (secondary N) is 1. The largest absolute Gasteiger partial charge is 0.338 e. The molecule has 1 N–H and O–H groups in total. The molecule has 1 atom stereocenters. The Labute approximate surface area is 147 Å². The van der Waals surface area contributed by atoms with Gasteiger partial charge in [0.05, 0.1) is 46.9 Å². The number of aromatic nitrogens is 5. The van der Waals surface area contributed by atoms with Crippen molar-refractivity contribution in [3.05, 3.63) is 42.1 Å². The van der Waals surface area contributed by atoms with Crippen LogP contribution in [0.4, 0.5) is 14.7 Å². The second-order valence-electron chi connectivity index (χ2n) is 6.60. The maximum atomic E-state index is 13.7. The second kappa shape index (κ2) is 5.48. The van der Waals surface area contributed by atoms with Crippen LogP contribution in [0.25, 0.3) is 27.6 Å². The van der Waals surface area contributed by atoms with Gasteiger partial charge in [0.1, 0.15) is 12.0 Å². The van der Waals surface area contributed by atoms with Crippen LogP contribution in [0, 0.1) is 12.7 Å². The van der Waals surface area contributed by atoms with Crippen LogP contribution in [0.15, 0.2) is 30.6 Å². The molecule has 0 aliphatic carbocycles. The van der Waals surface area contributed by atoms with Crippen molar-refractivity contribution in [2.24, 2.45) is 0 Å². The van der Waals surface area contributed by atoms with E-state index in [0.717, 1.165) is 33.3 Å². The normalized spacial score (nSPS) is 17.7. The van der Waals surface area contributed by atoms with E-state index in [4.69, 9.17) is 0 Å². The molecule has 0 radical (unpaired) electrons. The zero-order valence-electron chi connectivity index (χ0n) is 14.1. The topological polar surface area (TPSA) is 62.6 Å². The fraction of sp³-hybridized carbons (Fsp3) is 0.278. The Morgan fingerprint density at radius 2 is 2.12 bits per heavy atom. The summed E-state index contributed by atoms with van der Waals surface area (Å²) in [6.45, 7) is 2.85. The van der Waals surface area contributed by atoms with Gasteiger partial charge in [-0.3, -0.25) is 5.10 Å². The minimum absolute atomic E-state index is 0.302. The van der Waals surface area contributed by atoms with Crippen molar-refractivity contribution in [3.8, 4) is 5.69 Å². The van der Waals surface area contributed by atoms with E-state index in [2.05, 4.69) is 20.2 Å². The van der Waals surface area contributed by atoms with Crippen molar-refractivity contribution < 1.29 is 8.78 Å². The molecule has 26 heavy (non-hydrogen) atoms. The van der Waals surface area contributed by atoms with Gasteiger partial charge in [-0.15, -0.1) is 0 Å². The number of H-pyrrole nitrogens is 1. The predicted molar refractivity (Wildman–Crippen MR) is 94.9 cm³/mol. The maximum Gasteiger partial charge on any atom is 0.225 e. The summed E-state index contributed by atoms with van der Waals surface area (Å²) in [6, 6.07) is 4.66. The second-order valence-corrected chi connectivity index (χ2v) is 6.60. The van der Waals surface area contributed by atoms with Crippen molar-refractivity contribution in [1.82, 2.24) is 24.7 Å². The van der Waals surface area contributed by atoms with Gasteiger partial charge in [-0.1, -0.05) is 0 Å². The zero-order chi connectivity index (χ0) is 17.8. The first kappa shape index (κ1) is 15.2. The molecule has 0 unspecified atom stereocenters. The van der Waals surface area contributed by atoms with E-state index in [1.807, 2.05) is 16.4 Å². The molecule has 1 aromatic carbocycles. The van der Waals surface area contributed by atoms with Crippen molar-refractivity contribution in [2.45, 2.75) is 19.5 Å². The Hall–Kier alpha value is -3.03. The van der Waals surface area contributed by atoms with Gasteiger partial charge in [-0.05, 0) is 31.5 Å². The quantitative estimate of drug-likeness (QED) is 0.600. The van der Waals surface area contributed by atoms with Crippen LogP contribution in [0.5, 0.6) is 0 Å². The van der Waals surface area contributed by atoms with Gasteiger partial charge < -0.3 is 9.47 Å². The van der Waals surface area contributed by atoms with Crippen LogP contribution in [0.1, 0.15) is 12.1 Å². The number of benzene rings is 1. The fourth-order valence-corrected chi connectivity index (χ4v) is 3.66. The molecule has 5 rings (SSSR count). The molecule has 0 spiro atoms. The van der Waals surface area contributed by atoms with Gasteiger partial charge in [-0.25, -0.2) is 18.7 Å². The third-order valence-corrected chi connectivity index (χ3v) is 4.92. The third kappa shape index (κ3) is 2.18. The van der Waals surface area contributed by atoms with Gasteiger partial charge in [0.15, 0.2) is 0 Å². The first-order valence-electron chi connectivity index (χ1n) is 8.48. The number of hydrogen-bond acceptors (Lipinski definition) is 4. The highest BCUT2D eigenvalue weighted by Crippen LogP contribution is 2.32. The van der Waals surface area contributed by atoms with Crippen LogP contribution in [0.3, 0.4) is 0 Å². The summed E-state index contributed by atoms with van der Waals surface area (Å²) in [4.78, 5) is 10.9. The number of rotatable bonds is 2. The monoisotopic (exact) mass is 354 g/mol. The molecule has 0 amide bonds. The van der Waals surface area contributed by atoms with Gasteiger partial charge in [0.2, 0.25) is 5.95 Å². The Morgan fingerprint density at radius 1 is 1.23 bits per heavy atom. The highest BCUT2D eigenvalue weighted by atomic mass is 19.1. The van der Waals surface area contributed by atoms with Crippen LogP contribution in [0.2, 0.25) is 0 Å². The molecule has 0 saturated carbocycles. The first-order valence-corrected chi connectivity index (χ1v) is 8.48. The summed E-state index contributed by atoms with van der Waals surface area (Å²) in [7, 11) is 0. The van der Waals surface area contributed by atoms with E-state index in [0.29, 0.717) is 25.5 Å². The first-order chi connectivity index (χ1) is 12.6. The molecule has 1 aliphatic heterocycles. The lowest BCUT2D eigenvalue weighted by atomic mass is 10.2. The summed E-state index contributed by atoms with van der Waals surface area (Å²) < 4.78 is 29.1. The lowest BCUT2D eigenvalue weighted by Crippen LogP contribution is -2.23. The predicted octanol–water partition coefficient (Wildman–Crippen LogP) is 3.29. The van der Waals surface area contributed by atoms with Gasteiger partial charge >= 0.3 is 0 Å². The van der Waals surface area contributed by atoms with Gasteiger partial charge in [-0.2, -0.15) is 5.10 Å². The van der Waals surface area contributed by atoms with E-state index in [1.165, 1.54) is 12.1 Å². The lowest BCUT2D eigenvalue weighted by Gasteiger charge is -2.17. The van der Waals surface area contributed by atoms with E-state index < -0.39 is 6.17 Å². The summed E-state index contributed by atoms with van der Waals surface area (Å²) in [6.07, 6.45) is 3.12. The summed E-state index contributed by atoms with van der Waals surface area (Å²) in [5, 5.41) is 7.77. The molecule has 0 bridgehead atoms. The van der Waals surface area contributed by atoms with Crippen LogP contribution in [-0.4, -0.2) is 44.0 Å². The van der Waals surface area contributed by atoms with E-state index in [1.54, 1.807) is 18.5 Å². The third-order valence-electron chi connectivity index (χ3n) is 4.92. The minimum Gasteiger partial charge on any atom is -0.338 e. The highest BCUT2D eigenvalue weighted by molar-refractivity contribution is 6.06. The molecule has 4 heterocycles. The van der Waals surface area contributed by atoms with Crippen molar-refractivity contribution in [3.63, 3.8) is 0 Å². The highest BCUT2D eigenvalue weighted by Gasteiger charge is 2.24. The molecule has 1 saturated heterocycles. The lowest BCUT2D eigenvalue weighted by molar-refractivity contribution is 0.364. The molecule has 8 heteroatoms. The standard InChI is InChI=1S/C18H16F2N6/c1-10-15(7-21-18(23-10)25-5-4-12(20)9-25)26-14-3-2-11(19)6-13(14)17-16(26)8-22-24-17/h2-3,6-8,12H,4-5,9H2,1H3,(H,22,24)/t12-/m0/s1. The molecule has 4 aromatic rings. The Kier molecular flexibility index (Phi) is 3.22. The number of halogens is 2. The molecule has 6 nitrogen and oxygen atoms in total. The number of alkyl halides is 1. The van der Waals surface area contributed by atoms with Crippen molar-refractivity contribution in [2.75, 3.05) is 18.0 Å². The van der Waals surface area contributed by atoms with Crippen LogP contribution < -0.4 is 4.90 Å². The van der Waals surface area contributed by atoms with Gasteiger partial charge in [0, 0.05) is 11.9 Å². The van der Waals surface area contributed by atoms with Crippen LogP contribution >= 0.6 is 0 Å². The van der Waals surface area contributed by atoms with Crippen LogP contribution in [-0.2, 0) is 0 Å². The molecule has 132 valence electrons. The molecular weight excluding hydrogens is 338 g/mol. The van der Waals surface area contributed by atoms with E-state index in [-0.39, 0.29) is 5.82 Å². The number of fused-ring (bicyclic) bond motifs is 3. The summed E-state index contributed by atoms with van der Waals surface area (Å²) in [5.41, 5.74) is 4.00. The number of aryl methyl sites for hydroxylation is 1. The van der Waals surface area contributed by atoms with Crippen molar-refractivity contribution >= 4 is 27.9 Å². The molecular formula is C18H16F2N6. The summed E-state index contributed by atoms with van der Waals surface area (Å²) in [5.74, 6) is 0.238. The minimum atomic E-state index is -0.826. The zero-order valence-corrected chi connectivity index (χ0v) is 14.1. The average Bonchev–Trinajstić information content (AvgIpc) is 3.31. The molecule has 1 aliphatic rings. The average molecular weight is 354 g/mol. The Balaban J connectivity index is 1.68. The maximum absolute atomic E-state index is 13.7. The molecule has 1 fully saturated rings. The number of anilines is 1. The van der Waals surface area contributed by atoms with Crippen molar-refractivity contribution in [1.29, 1.82) is 0 Å². The smallest absolute Gasteiger partial charge is 0.225 e. The van der Waals surface area contributed by atoms with E-state index in [9.17, 15) is 8.78 Å². The number of aromatic amines is 1. The Bertz CT molecular complexity index is 1130. The van der Waals surface area contributed by atoms with Gasteiger partial charge in [0.25, 0.3) is 0 Å². The molecule has 3 aromatic heterocycles.